The van der Waals surface area contributed by atoms with E-state index in [4.69, 9.17) is 4.42 Å². The first-order chi connectivity index (χ1) is 14.3. The summed E-state index contributed by atoms with van der Waals surface area (Å²) in [7, 11) is -1.63. The second-order valence-electron chi connectivity index (χ2n) is 7.17. The number of likely N-dealkylation sites (N-methyl/N-ethyl adjacent to an activating group) is 1. The van der Waals surface area contributed by atoms with Crippen molar-refractivity contribution in [3.05, 3.63) is 70.6 Å². The number of carbonyl (C=O) groups excluding carboxylic acids is 1. The second-order valence-corrected chi connectivity index (χ2v) is 9.11. The molecule has 2 aromatic carbocycles. The Labute approximate surface area is 173 Å². The zero-order chi connectivity index (χ0) is 21.3. The Balaban J connectivity index is 1.52. The van der Waals surface area contributed by atoms with Gasteiger partial charge in [-0.15, -0.1) is 0 Å². The zero-order valence-corrected chi connectivity index (χ0v) is 17.2. The highest BCUT2D eigenvalue weighted by Gasteiger charge is 2.27. The minimum atomic E-state index is -3.58. The van der Waals surface area contributed by atoms with E-state index in [1.807, 2.05) is 7.05 Å². The third-order valence-electron chi connectivity index (χ3n) is 5.10. The summed E-state index contributed by atoms with van der Waals surface area (Å²) < 4.78 is 32.2. The smallest absolute Gasteiger partial charge is 0.349 e. The maximum absolute atomic E-state index is 12.8. The van der Waals surface area contributed by atoms with Gasteiger partial charge < -0.3 is 14.6 Å². The molecule has 0 radical (unpaired) electrons. The van der Waals surface area contributed by atoms with E-state index in [0.29, 0.717) is 42.8 Å². The molecule has 1 aliphatic heterocycles. The predicted octanol–water partition coefficient (Wildman–Crippen LogP) is 1.98. The predicted molar refractivity (Wildman–Crippen MR) is 113 cm³/mol. The fraction of sp³-hybridized carbons (Fsp3) is 0.238. The first kappa shape index (κ1) is 20.3. The number of sulfonamides is 1. The van der Waals surface area contributed by atoms with E-state index in [0.717, 1.165) is 0 Å². The molecule has 1 aromatic heterocycles. The van der Waals surface area contributed by atoms with Gasteiger partial charge in [-0.05, 0) is 43.4 Å². The van der Waals surface area contributed by atoms with Crippen LogP contribution in [-0.2, 0) is 10.0 Å². The number of piperazine rings is 1. The molecule has 0 atom stereocenters. The maximum atomic E-state index is 12.8. The van der Waals surface area contributed by atoms with Crippen LogP contribution in [0.4, 0.5) is 5.69 Å². The fourth-order valence-corrected chi connectivity index (χ4v) is 4.73. The highest BCUT2D eigenvalue weighted by Crippen LogP contribution is 2.20. The molecule has 0 saturated carbocycles. The summed E-state index contributed by atoms with van der Waals surface area (Å²) in [5.41, 5.74) is -0.0781. The summed E-state index contributed by atoms with van der Waals surface area (Å²) in [5, 5.41) is 3.25. The number of anilines is 1. The van der Waals surface area contributed by atoms with E-state index in [9.17, 15) is 18.0 Å². The number of amides is 1. The molecule has 1 N–H and O–H groups in total. The molecule has 3 aromatic rings. The standard InChI is InChI=1S/C21H21N3O5S/c1-23-10-12-24(13-11-23)30(27,28)17-8-6-16(7-9-17)22-20(25)18-14-15-4-2-3-5-19(15)29-21(18)26/h2-9,14H,10-13H2,1H3,(H,22,25). The van der Waals surface area contributed by atoms with Gasteiger partial charge in [0.05, 0.1) is 4.90 Å². The molecule has 0 bridgehead atoms. The molecule has 1 amide bonds. The van der Waals surface area contributed by atoms with Crippen LogP contribution in [0.25, 0.3) is 11.0 Å². The van der Waals surface area contributed by atoms with Gasteiger partial charge in [0.1, 0.15) is 11.1 Å². The summed E-state index contributed by atoms with van der Waals surface area (Å²) in [5.74, 6) is -0.621. The lowest BCUT2D eigenvalue weighted by molar-refractivity contribution is 0.102. The summed E-state index contributed by atoms with van der Waals surface area (Å²) in [6.07, 6.45) is 0. The molecule has 0 aliphatic carbocycles. The molecule has 4 rings (SSSR count). The van der Waals surface area contributed by atoms with Crippen molar-refractivity contribution in [2.45, 2.75) is 4.90 Å². The van der Waals surface area contributed by atoms with Crippen molar-refractivity contribution in [2.24, 2.45) is 0 Å². The molecule has 8 nitrogen and oxygen atoms in total. The third kappa shape index (κ3) is 4.00. The lowest BCUT2D eigenvalue weighted by Crippen LogP contribution is -2.46. The van der Waals surface area contributed by atoms with Gasteiger partial charge in [-0.1, -0.05) is 18.2 Å². The van der Waals surface area contributed by atoms with Gasteiger partial charge >= 0.3 is 5.63 Å². The van der Waals surface area contributed by atoms with Gasteiger partial charge in [0.25, 0.3) is 5.91 Å². The topological polar surface area (TPSA) is 99.9 Å². The van der Waals surface area contributed by atoms with Crippen LogP contribution in [0.5, 0.6) is 0 Å². The number of carbonyl (C=O) groups is 1. The van der Waals surface area contributed by atoms with E-state index < -0.39 is 21.6 Å². The van der Waals surface area contributed by atoms with Gasteiger partial charge in [0.2, 0.25) is 10.0 Å². The van der Waals surface area contributed by atoms with Crippen molar-refractivity contribution in [3.63, 3.8) is 0 Å². The number of fused-ring (bicyclic) bond motifs is 1. The van der Waals surface area contributed by atoms with Crippen LogP contribution in [0.1, 0.15) is 10.4 Å². The van der Waals surface area contributed by atoms with Crippen LogP contribution in [0.2, 0.25) is 0 Å². The van der Waals surface area contributed by atoms with Crippen molar-refractivity contribution in [2.75, 3.05) is 38.5 Å². The Bertz CT molecular complexity index is 1240. The highest BCUT2D eigenvalue weighted by molar-refractivity contribution is 7.89. The molecular weight excluding hydrogens is 406 g/mol. The molecule has 1 aliphatic rings. The zero-order valence-electron chi connectivity index (χ0n) is 16.4. The van der Waals surface area contributed by atoms with Crippen molar-refractivity contribution in [3.8, 4) is 0 Å². The van der Waals surface area contributed by atoms with Crippen LogP contribution in [0.3, 0.4) is 0 Å². The van der Waals surface area contributed by atoms with Crippen molar-refractivity contribution >= 4 is 32.6 Å². The monoisotopic (exact) mass is 427 g/mol. The Morgan fingerprint density at radius 1 is 1.00 bits per heavy atom. The van der Waals surface area contributed by atoms with Crippen LogP contribution < -0.4 is 10.9 Å². The Morgan fingerprint density at radius 2 is 1.67 bits per heavy atom. The maximum Gasteiger partial charge on any atom is 0.349 e. The number of nitrogens with zero attached hydrogens (tertiary/aromatic N) is 2. The molecule has 0 spiro atoms. The minimum absolute atomic E-state index is 0.122. The summed E-state index contributed by atoms with van der Waals surface area (Å²) in [6, 6.07) is 14.3. The summed E-state index contributed by atoms with van der Waals surface area (Å²) in [4.78, 5) is 26.9. The highest BCUT2D eigenvalue weighted by atomic mass is 32.2. The lowest BCUT2D eigenvalue weighted by Gasteiger charge is -2.31. The largest absolute Gasteiger partial charge is 0.422 e. The number of para-hydroxylation sites is 1. The Hall–Kier alpha value is -3.01. The van der Waals surface area contributed by atoms with Gasteiger partial charge in [0, 0.05) is 37.3 Å². The van der Waals surface area contributed by atoms with Crippen molar-refractivity contribution < 1.29 is 17.6 Å². The Morgan fingerprint density at radius 3 is 2.37 bits per heavy atom. The van der Waals surface area contributed by atoms with E-state index in [1.54, 1.807) is 24.3 Å². The minimum Gasteiger partial charge on any atom is -0.422 e. The average molecular weight is 427 g/mol. The van der Waals surface area contributed by atoms with Gasteiger partial charge in [-0.3, -0.25) is 4.79 Å². The van der Waals surface area contributed by atoms with Crippen molar-refractivity contribution in [1.29, 1.82) is 0 Å². The molecule has 30 heavy (non-hydrogen) atoms. The Kier molecular flexibility index (Phi) is 5.42. The molecule has 2 heterocycles. The number of benzene rings is 2. The molecule has 0 unspecified atom stereocenters. The first-order valence-electron chi connectivity index (χ1n) is 9.47. The average Bonchev–Trinajstić information content (AvgIpc) is 2.74. The molecule has 156 valence electrons. The van der Waals surface area contributed by atoms with Crippen LogP contribution in [0, 0.1) is 0 Å². The van der Waals surface area contributed by atoms with Gasteiger partial charge in [-0.25, -0.2) is 13.2 Å². The first-order valence-corrected chi connectivity index (χ1v) is 10.9. The molecule has 1 fully saturated rings. The fourth-order valence-electron chi connectivity index (χ4n) is 3.31. The SMILES string of the molecule is CN1CCN(S(=O)(=O)c2ccc(NC(=O)c3cc4ccccc4oc3=O)cc2)CC1. The van der Waals surface area contributed by atoms with Crippen LogP contribution >= 0.6 is 0 Å². The van der Waals surface area contributed by atoms with Gasteiger partial charge in [-0.2, -0.15) is 4.31 Å². The normalized spacial score (nSPS) is 15.9. The van der Waals surface area contributed by atoms with Gasteiger partial charge in [0.15, 0.2) is 0 Å². The van der Waals surface area contributed by atoms with E-state index >= 15 is 0 Å². The third-order valence-corrected chi connectivity index (χ3v) is 7.01. The summed E-state index contributed by atoms with van der Waals surface area (Å²) >= 11 is 0. The van der Waals surface area contributed by atoms with E-state index in [1.165, 1.54) is 34.6 Å². The number of rotatable bonds is 4. The lowest BCUT2D eigenvalue weighted by atomic mass is 10.1. The molecular formula is C21H21N3O5S. The molecule has 9 heteroatoms. The number of hydrogen-bond acceptors (Lipinski definition) is 6. The molecule has 1 saturated heterocycles. The van der Waals surface area contributed by atoms with E-state index in [-0.39, 0.29) is 10.5 Å². The second kappa shape index (κ2) is 8.02. The summed E-state index contributed by atoms with van der Waals surface area (Å²) in [6.45, 7) is 2.24. The van der Waals surface area contributed by atoms with Crippen molar-refractivity contribution in [1.82, 2.24) is 9.21 Å². The van der Waals surface area contributed by atoms with Crippen LogP contribution in [0.15, 0.2) is 68.7 Å². The van der Waals surface area contributed by atoms with E-state index in [2.05, 4.69) is 10.2 Å². The quantitative estimate of drug-likeness (QED) is 0.639. The number of hydrogen-bond donors (Lipinski definition) is 1. The number of nitrogens with one attached hydrogen (secondary N) is 1. The van der Waals surface area contributed by atoms with Crippen LogP contribution in [-0.4, -0.2) is 56.8 Å².